The third-order valence-corrected chi connectivity index (χ3v) is 4.04. The van der Waals surface area contributed by atoms with E-state index in [1.807, 2.05) is 0 Å². The molecular weight excluding hydrogens is 292 g/mol. The van der Waals surface area contributed by atoms with E-state index in [4.69, 9.17) is 9.52 Å². The Labute approximate surface area is 124 Å². The number of nitrogens with zero attached hydrogens (tertiary/aromatic N) is 1. The fourth-order valence-corrected chi connectivity index (χ4v) is 2.89. The van der Waals surface area contributed by atoms with Gasteiger partial charge in [-0.15, -0.1) is 11.3 Å². The number of carboxylic acid groups (broad SMARTS) is 1. The fraction of sp³-hybridized carbons (Fsp3) is 0.214. The molecule has 0 bridgehead atoms. The van der Waals surface area contributed by atoms with Gasteiger partial charge >= 0.3 is 5.97 Å². The SMILES string of the molecule is O=C(NC1C=CC(C(=O)O)C1)c1csc(-c2ccco2)n1. The van der Waals surface area contributed by atoms with E-state index in [-0.39, 0.29) is 11.9 Å². The average molecular weight is 304 g/mol. The number of amides is 1. The highest BCUT2D eigenvalue weighted by Gasteiger charge is 2.26. The zero-order valence-electron chi connectivity index (χ0n) is 10.9. The number of carboxylic acids is 1. The molecule has 2 atom stereocenters. The van der Waals surface area contributed by atoms with Gasteiger partial charge in [-0.2, -0.15) is 0 Å². The van der Waals surface area contributed by atoms with Gasteiger partial charge in [-0.05, 0) is 18.6 Å². The molecule has 21 heavy (non-hydrogen) atoms. The van der Waals surface area contributed by atoms with Crippen LogP contribution in [0.2, 0.25) is 0 Å². The van der Waals surface area contributed by atoms with E-state index >= 15 is 0 Å². The van der Waals surface area contributed by atoms with Gasteiger partial charge in [0.1, 0.15) is 5.69 Å². The molecule has 0 saturated carbocycles. The first kappa shape index (κ1) is 13.6. The zero-order valence-corrected chi connectivity index (χ0v) is 11.7. The highest BCUT2D eigenvalue weighted by molar-refractivity contribution is 7.13. The Morgan fingerprint density at radius 2 is 2.29 bits per heavy atom. The van der Waals surface area contributed by atoms with E-state index in [1.165, 1.54) is 11.3 Å². The fourth-order valence-electron chi connectivity index (χ4n) is 2.12. The number of hydrogen-bond acceptors (Lipinski definition) is 5. The molecule has 2 aromatic heterocycles. The van der Waals surface area contributed by atoms with Crippen molar-refractivity contribution in [2.75, 3.05) is 0 Å². The van der Waals surface area contributed by atoms with Crippen LogP contribution < -0.4 is 5.32 Å². The number of furan rings is 1. The van der Waals surface area contributed by atoms with Gasteiger partial charge < -0.3 is 14.8 Å². The van der Waals surface area contributed by atoms with Crippen LogP contribution in [0, 0.1) is 5.92 Å². The van der Waals surface area contributed by atoms with Gasteiger partial charge in [0.05, 0.1) is 12.2 Å². The number of thiazole rings is 1. The molecule has 0 aliphatic heterocycles. The summed E-state index contributed by atoms with van der Waals surface area (Å²) in [6.45, 7) is 0. The number of aliphatic carboxylic acids is 1. The number of nitrogens with one attached hydrogen (secondary N) is 1. The number of aromatic nitrogens is 1. The molecule has 0 radical (unpaired) electrons. The highest BCUT2D eigenvalue weighted by Crippen LogP contribution is 2.24. The first-order valence-corrected chi connectivity index (χ1v) is 7.23. The molecule has 108 valence electrons. The second-order valence-electron chi connectivity index (χ2n) is 4.66. The first-order chi connectivity index (χ1) is 10.1. The van der Waals surface area contributed by atoms with Crippen molar-refractivity contribution < 1.29 is 19.1 Å². The van der Waals surface area contributed by atoms with E-state index in [1.54, 1.807) is 35.9 Å². The van der Waals surface area contributed by atoms with Crippen molar-refractivity contribution in [2.45, 2.75) is 12.5 Å². The molecule has 2 aromatic rings. The Bertz CT molecular complexity index is 690. The molecule has 2 heterocycles. The van der Waals surface area contributed by atoms with Crippen LogP contribution in [-0.4, -0.2) is 28.0 Å². The highest BCUT2D eigenvalue weighted by atomic mass is 32.1. The normalized spacial score (nSPS) is 20.6. The molecule has 1 amide bonds. The van der Waals surface area contributed by atoms with Gasteiger partial charge in [0, 0.05) is 11.4 Å². The van der Waals surface area contributed by atoms with Crippen molar-refractivity contribution in [1.82, 2.24) is 10.3 Å². The molecule has 1 aliphatic carbocycles. The maximum atomic E-state index is 12.1. The van der Waals surface area contributed by atoms with Crippen LogP contribution in [0.3, 0.4) is 0 Å². The van der Waals surface area contributed by atoms with E-state index in [9.17, 15) is 9.59 Å². The van der Waals surface area contributed by atoms with Gasteiger partial charge in [-0.1, -0.05) is 12.2 Å². The molecule has 7 heteroatoms. The van der Waals surface area contributed by atoms with Crippen LogP contribution in [0.1, 0.15) is 16.9 Å². The van der Waals surface area contributed by atoms with Gasteiger partial charge in [-0.25, -0.2) is 4.98 Å². The third-order valence-electron chi connectivity index (χ3n) is 3.19. The lowest BCUT2D eigenvalue weighted by atomic mass is 10.1. The summed E-state index contributed by atoms with van der Waals surface area (Å²) in [5.74, 6) is -1.11. The number of carbonyl (C=O) groups is 2. The molecular formula is C14H12N2O4S. The minimum atomic E-state index is -0.878. The summed E-state index contributed by atoms with van der Waals surface area (Å²) >= 11 is 1.32. The lowest BCUT2D eigenvalue weighted by Crippen LogP contribution is -2.33. The van der Waals surface area contributed by atoms with Crippen LogP contribution in [0.5, 0.6) is 0 Å². The maximum Gasteiger partial charge on any atom is 0.310 e. The second kappa shape index (κ2) is 5.53. The Balaban J connectivity index is 1.64. The van der Waals surface area contributed by atoms with E-state index < -0.39 is 11.9 Å². The monoisotopic (exact) mass is 304 g/mol. The standard InChI is InChI=1S/C14H12N2O4S/c17-12(15-9-4-3-8(6-9)14(18)19)10-7-21-13(16-10)11-2-1-5-20-11/h1-5,7-9H,6H2,(H,15,17)(H,18,19). The van der Waals surface area contributed by atoms with Gasteiger partial charge in [0.2, 0.25) is 0 Å². The van der Waals surface area contributed by atoms with Gasteiger partial charge in [0.15, 0.2) is 10.8 Å². The van der Waals surface area contributed by atoms with E-state index in [0.717, 1.165) is 0 Å². The summed E-state index contributed by atoms with van der Waals surface area (Å²) in [5, 5.41) is 14.0. The summed E-state index contributed by atoms with van der Waals surface area (Å²) in [6.07, 6.45) is 5.22. The largest absolute Gasteiger partial charge is 0.481 e. The summed E-state index contributed by atoms with van der Waals surface area (Å²) in [4.78, 5) is 27.2. The van der Waals surface area contributed by atoms with E-state index in [2.05, 4.69) is 10.3 Å². The molecule has 0 fully saturated rings. The van der Waals surface area contributed by atoms with Crippen LogP contribution >= 0.6 is 11.3 Å². The number of carbonyl (C=O) groups excluding carboxylic acids is 1. The summed E-state index contributed by atoms with van der Waals surface area (Å²) < 4.78 is 5.23. The van der Waals surface area contributed by atoms with Gasteiger partial charge in [-0.3, -0.25) is 9.59 Å². The number of hydrogen-bond donors (Lipinski definition) is 2. The molecule has 1 aliphatic rings. The Morgan fingerprint density at radius 1 is 1.43 bits per heavy atom. The summed E-state index contributed by atoms with van der Waals surface area (Å²) in [6, 6.07) is 3.26. The quantitative estimate of drug-likeness (QED) is 0.844. The summed E-state index contributed by atoms with van der Waals surface area (Å²) in [7, 11) is 0. The summed E-state index contributed by atoms with van der Waals surface area (Å²) in [5.41, 5.74) is 0.304. The molecule has 0 aromatic carbocycles. The average Bonchev–Trinajstić information content (AvgIpc) is 3.19. The van der Waals surface area contributed by atoms with Crippen molar-refractivity contribution in [3.05, 3.63) is 41.6 Å². The number of rotatable bonds is 4. The van der Waals surface area contributed by atoms with Crippen LogP contribution in [0.15, 0.2) is 40.3 Å². The molecule has 2 unspecified atom stereocenters. The molecule has 0 spiro atoms. The smallest absolute Gasteiger partial charge is 0.310 e. The maximum absolute atomic E-state index is 12.1. The van der Waals surface area contributed by atoms with Crippen molar-refractivity contribution in [2.24, 2.45) is 5.92 Å². The van der Waals surface area contributed by atoms with Crippen molar-refractivity contribution in [1.29, 1.82) is 0 Å². The topological polar surface area (TPSA) is 92.4 Å². The minimum absolute atomic E-state index is 0.271. The predicted molar refractivity (Wildman–Crippen MR) is 76.0 cm³/mol. The van der Waals surface area contributed by atoms with E-state index in [0.29, 0.717) is 22.9 Å². The Morgan fingerprint density at radius 3 is 2.95 bits per heavy atom. The Kier molecular flexibility index (Phi) is 3.57. The predicted octanol–water partition coefficient (Wildman–Crippen LogP) is 2.16. The lowest BCUT2D eigenvalue weighted by molar-refractivity contribution is -0.140. The second-order valence-corrected chi connectivity index (χ2v) is 5.52. The lowest BCUT2D eigenvalue weighted by Gasteiger charge is -2.10. The van der Waals surface area contributed by atoms with Crippen LogP contribution in [-0.2, 0) is 4.79 Å². The first-order valence-electron chi connectivity index (χ1n) is 6.35. The molecule has 6 nitrogen and oxygen atoms in total. The molecule has 2 N–H and O–H groups in total. The molecule has 0 saturated heterocycles. The van der Waals surface area contributed by atoms with Crippen molar-refractivity contribution in [3.8, 4) is 10.8 Å². The third kappa shape index (κ3) is 2.87. The van der Waals surface area contributed by atoms with Crippen LogP contribution in [0.25, 0.3) is 10.8 Å². The van der Waals surface area contributed by atoms with Crippen molar-refractivity contribution >= 4 is 23.2 Å². The zero-order chi connectivity index (χ0) is 14.8. The Hall–Kier alpha value is -2.41. The molecule has 3 rings (SSSR count). The van der Waals surface area contributed by atoms with Gasteiger partial charge in [0.25, 0.3) is 5.91 Å². The van der Waals surface area contributed by atoms with Crippen LogP contribution in [0.4, 0.5) is 0 Å². The van der Waals surface area contributed by atoms with Crippen molar-refractivity contribution in [3.63, 3.8) is 0 Å². The minimum Gasteiger partial charge on any atom is -0.481 e.